The molecule has 1 aromatic carbocycles. The molecule has 1 fully saturated rings. The normalized spacial score (nSPS) is 18.0. The molecule has 100 valence electrons. The van der Waals surface area contributed by atoms with Gasteiger partial charge in [-0.2, -0.15) is 0 Å². The highest BCUT2D eigenvalue weighted by Crippen LogP contribution is 2.34. The third-order valence-electron chi connectivity index (χ3n) is 3.87. The Morgan fingerprint density at radius 1 is 1.39 bits per heavy atom. The number of anilines is 1. The number of benzene rings is 1. The van der Waals surface area contributed by atoms with Crippen LogP contribution in [0.2, 0.25) is 5.02 Å². The van der Waals surface area contributed by atoms with Crippen molar-refractivity contribution in [3.05, 3.63) is 28.8 Å². The Morgan fingerprint density at radius 3 is 2.56 bits per heavy atom. The van der Waals surface area contributed by atoms with Gasteiger partial charge in [-0.1, -0.05) is 30.5 Å². The number of hydrogen-bond acceptors (Lipinski definition) is 2. The Labute approximate surface area is 115 Å². The van der Waals surface area contributed by atoms with E-state index in [9.17, 15) is 5.11 Å². The topological polar surface area (TPSA) is 23.5 Å². The monoisotopic (exact) mass is 267 g/mol. The standard InChI is InChI=1S/C15H22ClNO/c1-3-17(13-6-4-5-7-13)15-9-8-12(11(2)18)10-14(15)16/h8-11,13,18H,3-7H2,1-2H3/t11-/m1/s1. The molecule has 0 amide bonds. The molecule has 0 aromatic heterocycles. The summed E-state index contributed by atoms with van der Waals surface area (Å²) in [6.45, 7) is 4.93. The van der Waals surface area contributed by atoms with Gasteiger partial charge in [-0.3, -0.25) is 0 Å². The van der Waals surface area contributed by atoms with E-state index in [2.05, 4.69) is 11.8 Å². The molecule has 2 rings (SSSR count). The predicted octanol–water partition coefficient (Wildman–Crippen LogP) is 4.16. The Kier molecular flexibility index (Phi) is 4.52. The van der Waals surface area contributed by atoms with Gasteiger partial charge in [-0.25, -0.2) is 0 Å². The Bertz CT molecular complexity index is 399. The molecule has 1 saturated carbocycles. The zero-order valence-electron chi connectivity index (χ0n) is 11.2. The van der Waals surface area contributed by atoms with Crippen molar-refractivity contribution in [2.24, 2.45) is 0 Å². The lowest BCUT2D eigenvalue weighted by atomic mass is 10.1. The molecule has 0 unspecified atom stereocenters. The summed E-state index contributed by atoms with van der Waals surface area (Å²) in [5, 5.41) is 10.3. The van der Waals surface area contributed by atoms with E-state index in [0.717, 1.165) is 22.8 Å². The second kappa shape index (κ2) is 5.94. The average molecular weight is 268 g/mol. The van der Waals surface area contributed by atoms with E-state index in [1.165, 1.54) is 25.7 Å². The van der Waals surface area contributed by atoms with E-state index in [1.54, 1.807) is 6.92 Å². The van der Waals surface area contributed by atoms with Gasteiger partial charge in [0.1, 0.15) is 0 Å². The van der Waals surface area contributed by atoms with Gasteiger partial charge in [0.15, 0.2) is 0 Å². The summed E-state index contributed by atoms with van der Waals surface area (Å²) >= 11 is 6.37. The summed E-state index contributed by atoms with van der Waals surface area (Å²) in [6.07, 6.45) is 4.72. The largest absolute Gasteiger partial charge is 0.389 e. The number of halogens is 1. The van der Waals surface area contributed by atoms with Gasteiger partial charge in [0.05, 0.1) is 16.8 Å². The van der Waals surface area contributed by atoms with E-state index >= 15 is 0 Å². The first-order valence-electron chi connectivity index (χ1n) is 6.87. The summed E-state index contributed by atoms with van der Waals surface area (Å²) in [5.74, 6) is 0. The predicted molar refractivity (Wildman–Crippen MR) is 77.4 cm³/mol. The number of rotatable bonds is 4. The summed E-state index contributed by atoms with van der Waals surface area (Å²) in [5.41, 5.74) is 1.99. The average Bonchev–Trinajstić information content (AvgIpc) is 2.85. The minimum Gasteiger partial charge on any atom is -0.389 e. The van der Waals surface area contributed by atoms with Crippen LogP contribution in [0.5, 0.6) is 0 Å². The molecule has 0 heterocycles. The Balaban J connectivity index is 2.25. The van der Waals surface area contributed by atoms with E-state index < -0.39 is 6.10 Å². The maximum absolute atomic E-state index is 9.57. The maximum Gasteiger partial charge on any atom is 0.0762 e. The van der Waals surface area contributed by atoms with Crippen molar-refractivity contribution in [3.63, 3.8) is 0 Å². The maximum atomic E-state index is 9.57. The molecular weight excluding hydrogens is 246 g/mol. The third-order valence-corrected chi connectivity index (χ3v) is 4.17. The van der Waals surface area contributed by atoms with Crippen molar-refractivity contribution in [2.45, 2.75) is 51.7 Å². The highest BCUT2D eigenvalue weighted by Gasteiger charge is 2.23. The number of aliphatic hydroxyl groups excluding tert-OH is 1. The van der Waals surface area contributed by atoms with Crippen LogP contribution in [-0.4, -0.2) is 17.7 Å². The molecule has 2 nitrogen and oxygen atoms in total. The van der Waals surface area contributed by atoms with Crippen LogP contribution in [0.25, 0.3) is 0 Å². The second-order valence-electron chi connectivity index (χ2n) is 5.11. The van der Waals surface area contributed by atoms with Crippen LogP contribution in [0.4, 0.5) is 5.69 Å². The van der Waals surface area contributed by atoms with Crippen molar-refractivity contribution < 1.29 is 5.11 Å². The van der Waals surface area contributed by atoms with E-state index in [-0.39, 0.29) is 0 Å². The zero-order valence-corrected chi connectivity index (χ0v) is 12.0. The smallest absolute Gasteiger partial charge is 0.0762 e. The van der Waals surface area contributed by atoms with Crippen molar-refractivity contribution >= 4 is 17.3 Å². The van der Waals surface area contributed by atoms with Crippen molar-refractivity contribution in [3.8, 4) is 0 Å². The van der Waals surface area contributed by atoms with Gasteiger partial charge in [0.2, 0.25) is 0 Å². The Morgan fingerprint density at radius 2 is 2.06 bits per heavy atom. The van der Waals surface area contributed by atoms with Crippen LogP contribution >= 0.6 is 11.6 Å². The summed E-state index contributed by atoms with van der Waals surface area (Å²) in [4.78, 5) is 2.40. The molecule has 3 heteroatoms. The molecule has 0 aliphatic heterocycles. The van der Waals surface area contributed by atoms with Crippen LogP contribution < -0.4 is 4.90 Å². The molecule has 18 heavy (non-hydrogen) atoms. The van der Waals surface area contributed by atoms with Gasteiger partial charge in [0, 0.05) is 12.6 Å². The van der Waals surface area contributed by atoms with Gasteiger partial charge >= 0.3 is 0 Å². The lowest BCUT2D eigenvalue weighted by molar-refractivity contribution is 0.199. The fourth-order valence-electron chi connectivity index (χ4n) is 2.86. The minimum atomic E-state index is -0.460. The summed E-state index contributed by atoms with van der Waals surface area (Å²) in [7, 11) is 0. The molecule has 1 aliphatic carbocycles. The first kappa shape index (κ1) is 13.7. The summed E-state index contributed by atoms with van der Waals surface area (Å²) in [6, 6.07) is 6.54. The molecule has 1 aromatic rings. The van der Waals surface area contributed by atoms with E-state index in [4.69, 9.17) is 11.6 Å². The Hall–Kier alpha value is -0.730. The van der Waals surface area contributed by atoms with Crippen molar-refractivity contribution in [2.75, 3.05) is 11.4 Å². The molecular formula is C15H22ClNO. The fraction of sp³-hybridized carbons (Fsp3) is 0.600. The van der Waals surface area contributed by atoms with Gasteiger partial charge in [-0.15, -0.1) is 0 Å². The second-order valence-corrected chi connectivity index (χ2v) is 5.52. The van der Waals surface area contributed by atoms with Crippen LogP contribution in [0.15, 0.2) is 18.2 Å². The van der Waals surface area contributed by atoms with Crippen molar-refractivity contribution in [1.29, 1.82) is 0 Å². The molecule has 1 atom stereocenters. The number of hydrogen-bond donors (Lipinski definition) is 1. The lowest BCUT2D eigenvalue weighted by Gasteiger charge is -2.31. The van der Waals surface area contributed by atoms with Crippen LogP contribution in [0, 0.1) is 0 Å². The molecule has 0 saturated heterocycles. The number of aliphatic hydroxyl groups is 1. The molecule has 0 radical (unpaired) electrons. The number of nitrogens with zero attached hydrogens (tertiary/aromatic N) is 1. The molecule has 0 bridgehead atoms. The molecule has 1 aliphatic rings. The SMILES string of the molecule is CCN(c1ccc([C@@H](C)O)cc1Cl)C1CCCC1. The first-order chi connectivity index (χ1) is 8.63. The highest BCUT2D eigenvalue weighted by molar-refractivity contribution is 6.33. The van der Waals surface area contributed by atoms with Gasteiger partial charge < -0.3 is 10.0 Å². The van der Waals surface area contributed by atoms with E-state index in [0.29, 0.717) is 6.04 Å². The molecule has 1 N–H and O–H groups in total. The van der Waals surface area contributed by atoms with Crippen LogP contribution in [-0.2, 0) is 0 Å². The summed E-state index contributed by atoms with van der Waals surface area (Å²) < 4.78 is 0. The third kappa shape index (κ3) is 2.81. The lowest BCUT2D eigenvalue weighted by Crippen LogP contribution is -2.33. The van der Waals surface area contributed by atoms with Gasteiger partial charge in [0.25, 0.3) is 0 Å². The van der Waals surface area contributed by atoms with Crippen molar-refractivity contribution in [1.82, 2.24) is 0 Å². The first-order valence-corrected chi connectivity index (χ1v) is 7.25. The van der Waals surface area contributed by atoms with Crippen LogP contribution in [0.1, 0.15) is 51.2 Å². The quantitative estimate of drug-likeness (QED) is 0.885. The van der Waals surface area contributed by atoms with Gasteiger partial charge in [-0.05, 0) is 44.4 Å². The molecule has 0 spiro atoms. The van der Waals surface area contributed by atoms with E-state index in [1.807, 2.05) is 18.2 Å². The minimum absolute atomic E-state index is 0.460. The highest BCUT2D eigenvalue weighted by atomic mass is 35.5. The van der Waals surface area contributed by atoms with Crippen LogP contribution in [0.3, 0.4) is 0 Å². The zero-order chi connectivity index (χ0) is 13.1. The fourth-order valence-corrected chi connectivity index (χ4v) is 3.15.